The molecule has 0 radical (unpaired) electrons. The van der Waals surface area contributed by atoms with Crippen LogP contribution >= 0.6 is 0 Å². The summed E-state index contributed by atoms with van der Waals surface area (Å²) in [6.07, 6.45) is 0. The van der Waals surface area contributed by atoms with Gasteiger partial charge in [0.25, 0.3) is 5.91 Å². The predicted octanol–water partition coefficient (Wildman–Crippen LogP) is 3.81. The van der Waals surface area contributed by atoms with E-state index in [-0.39, 0.29) is 17.1 Å². The first-order chi connectivity index (χ1) is 10.3. The summed E-state index contributed by atoms with van der Waals surface area (Å²) < 4.78 is 0. The molecule has 2 aromatic rings. The highest BCUT2D eigenvalue weighted by Gasteiger charge is 2.16. The minimum atomic E-state index is -0.328. The Morgan fingerprint density at radius 1 is 1.14 bits per heavy atom. The van der Waals surface area contributed by atoms with Gasteiger partial charge in [-0.15, -0.1) is 0 Å². The lowest BCUT2D eigenvalue weighted by Crippen LogP contribution is -2.15. The van der Waals surface area contributed by atoms with Crippen LogP contribution in [0.5, 0.6) is 5.75 Å². The van der Waals surface area contributed by atoms with E-state index in [1.807, 2.05) is 12.1 Å². The second-order valence-corrected chi connectivity index (χ2v) is 6.13. The second kappa shape index (κ2) is 5.90. The number of nitrogens with zero attached hydrogens (tertiary/aromatic N) is 1. The number of aromatic hydroxyl groups is 1. The van der Waals surface area contributed by atoms with Crippen LogP contribution in [-0.4, -0.2) is 11.0 Å². The van der Waals surface area contributed by atoms with Gasteiger partial charge in [-0.2, -0.15) is 5.26 Å². The van der Waals surface area contributed by atoms with Crippen molar-refractivity contribution in [3.63, 3.8) is 0 Å². The second-order valence-electron chi connectivity index (χ2n) is 6.13. The van der Waals surface area contributed by atoms with Gasteiger partial charge in [0.2, 0.25) is 0 Å². The molecule has 0 aromatic heterocycles. The van der Waals surface area contributed by atoms with Gasteiger partial charge in [0, 0.05) is 5.56 Å². The van der Waals surface area contributed by atoms with Crippen molar-refractivity contribution in [3.05, 3.63) is 59.2 Å². The number of nitrogens with one attached hydrogen (secondary N) is 1. The maximum Gasteiger partial charge on any atom is 0.255 e. The summed E-state index contributed by atoms with van der Waals surface area (Å²) in [7, 11) is 0. The van der Waals surface area contributed by atoms with Crippen LogP contribution in [0.25, 0.3) is 0 Å². The Kier molecular flexibility index (Phi) is 4.18. The van der Waals surface area contributed by atoms with Crippen molar-refractivity contribution in [1.82, 2.24) is 0 Å². The molecule has 4 heteroatoms. The summed E-state index contributed by atoms with van der Waals surface area (Å²) in [6.45, 7) is 6.18. The Hall–Kier alpha value is -2.80. The predicted molar refractivity (Wildman–Crippen MR) is 85.9 cm³/mol. The van der Waals surface area contributed by atoms with Gasteiger partial charge in [0.1, 0.15) is 5.75 Å². The fourth-order valence-electron chi connectivity index (χ4n) is 1.99. The molecule has 0 aliphatic heterocycles. The van der Waals surface area contributed by atoms with Crippen LogP contribution in [0.2, 0.25) is 0 Å². The number of hydrogen-bond acceptors (Lipinski definition) is 3. The van der Waals surface area contributed by atoms with E-state index in [1.54, 1.807) is 36.4 Å². The van der Waals surface area contributed by atoms with Crippen molar-refractivity contribution in [1.29, 1.82) is 5.26 Å². The standard InChI is InChI=1S/C18H18N2O2/c1-18(2,3)14-8-9-16(21)15(10-14)20-17(22)13-6-4-12(11-19)5-7-13/h4-10,21H,1-3H3,(H,20,22). The highest BCUT2D eigenvalue weighted by molar-refractivity contribution is 6.05. The van der Waals surface area contributed by atoms with E-state index < -0.39 is 0 Å². The lowest BCUT2D eigenvalue weighted by Gasteiger charge is -2.20. The summed E-state index contributed by atoms with van der Waals surface area (Å²) >= 11 is 0. The average Bonchev–Trinajstić information content (AvgIpc) is 2.48. The smallest absolute Gasteiger partial charge is 0.255 e. The zero-order valence-electron chi connectivity index (χ0n) is 12.8. The molecule has 0 unspecified atom stereocenters. The molecular formula is C18H18N2O2. The highest BCUT2D eigenvalue weighted by Crippen LogP contribution is 2.30. The van der Waals surface area contributed by atoms with E-state index in [0.717, 1.165) is 5.56 Å². The molecule has 2 rings (SSSR count). The first-order valence-corrected chi connectivity index (χ1v) is 6.96. The maximum atomic E-state index is 12.2. The quantitative estimate of drug-likeness (QED) is 0.827. The number of phenols is 1. The highest BCUT2D eigenvalue weighted by atomic mass is 16.3. The molecule has 0 aliphatic carbocycles. The molecule has 0 saturated heterocycles. The largest absolute Gasteiger partial charge is 0.506 e. The van der Waals surface area contributed by atoms with Gasteiger partial charge in [0.05, 0.1) is 17.3 Å². The van der Waals surface area contributed by atoms with Gasteiger partial charge in [0.15, 0.2) is 0 Å². The molecule has 1 amide bonds. The Bertz CT molecular complexity index is 735. The van der Waals surface area contributed by atoms with Crippen molar-refractivity contribution in [2.75, 3.05) is 5.32 Å². The molecule has 112 valence electrons. The van der Waals surface area contributed by atoms with E-state index in [4.69, 9.17) is 5.26 Å². The number of carbonyl (C=O) groups is 1. The molecule has 0 aliphatic rings. The van der Waals surface area contributed by atoms with E-state index >= 15 is 0 Å². The van der Waals surface area contributed by atoms with Crippen molar-refractivity contribution in [3.8, 4) is 11.8 Å². The number of amides is 1. The number of nitriles is 1. The molecule has 0 spiro atoms. The van der Waals surface area contributed by atoms with E-state index in [2.05, 4.69) is 26.1 Å². The zero-order valence-corrected chi connectivity index (χ0v) is 12.8. The topological polar surface area (TPSA) is 73.1 Å². The molecule has 0 atom stereocenters. The van der Waals surface area contributed by atoms with E-state index in [9.17, 15) is 9.90 Å². The summed E-state index contributed by atoms with van der Waals surface area (Å²) in [5.74, 6) is -0.305. The van der Waals surface area contributed by atoms with Crippen LogP contribution in [0.1, 0.15) is 42.3 Å². The number of hydrogen-bond donors (Lipinski definition) is 2. The third-order valence-corrected chi connectivity index (χ3v) is 3.39. The molecular weight excluding hydrogens is 276 g/mol. The fourth-order valence-corrected chi connectivity index (χ4v) is 1.99. The Morgan fingerprint density at radius 3 is 2.32 bits per heavy atom. The average molecular weight is 294 g/mol. The first kappa shape index (κ1) is 15.6. The van der Waals surface area contributed by atoms with Gasteiger partial charge in [-0.1, -0.05) is 26.8 Å². The minimum absolute atomic E-state index is 0.0231. The van der Waals surface area contributed by atoms with Crippen LogP contribution in [0, 0.1) is 11.3 Å². The van der Waals surface area contributed by atoms with Gasteiger partial charge in [-0.05, 0) is 47.4 Å². The SMILES string of the molecule is CC(C)(C)c1ccc(O)c(NC(=O)c2ccc(C#N)cc2)c1. The normalized spacial score (nSPS) is 10.8. The van der Waals surface area contributed by atoms with Crippen molar-refractivity contribution in [2.24, 2.45) is 0 Å². The summed E-state index contributed by atoms with van der Waals surface area (Å²) in [6, 6.07) is 13.5. The van der Waals surface area contributed by atoms with E-state index in [1.165, 1.54) is 0 Å². The van der Waals surface area contributed by atoms with Crippen LogP contribution < -0.4 is 5.32 Å². The van der Waals surface area contributed by atoms with Gasteiger partial charge >= 0.3 is 0 Å². The van der Waals surface area contributed by atoms with Gasteiger partial charge < -0.3 is 10.4 Å². The van der Waals surface area contributed by atoms with Crippen LogP contribution in [0.3, 0.4) is 0 Å². The molecule has 0 saturated carbocycles. The van der Waals surface area contributed by atoms with Crippen LogP contribution in [-0.2, 0) is 5.41 Å². The van der Waals surface area contributed by atoms with Crippen LogP contribution in [0.15, 0.2) is 42.5 Å². The van der Waals surface area contributed by atoms with Gasteiger partial charge in [-0.25, -0.2) is 0 Å². The Balaban J connectivity index is 2.26. The third-order valence-electron chi connectivity index (χ3n) is 3.39. The summed E-state index contributed by atoms with van der Waals surface area (Å²) in [5, 5.41) is 21.4. The van der Waals surface area contributed by atoms with E-state index in [0.29, 0.717) is 16.8 Å². The lowest BCUT2D eigenvalue weighted by atomic mass is 9.87. The molecule has 0 fully saturated rings. The monoisotopic (exact) mass is 294 g/mol. The number of rotatable bonds is 2. The van der Waals surface area contributed by atoms with Crippen LogP contribution in [0.4, 0.5) is 5.69 Å². The molecule has 2 aromatic carbocycles. The molecule has 0 bridgehead atoms. The molecule has 2 N–H and O–H groups in total. The number of phenolic OH excluding ortho intramolecular Hbond substituents is 1. The summed E-state index contributed by atoms with van der Waals surface area (Å²) in [4.78, 5) is 12.2. The maximum absolute atomic E-state index is 12.2. The molecule has 4 nitrogen and oxygen atoms in total. The number of anilines is 1. The first-order valence-electron chi connectivity index (χ1n) is 6.96. The molecule has 0 heterocycles. The van der Waals surface area contributed by atoms with Gasteiger partial charge in [-0.3, -0.25) is 4.79 Å². The van der Waals surface area contributed by atoms with Crippen molar-refractivity contribution < 1.29 is 9.90 Å². The summed E-state index contributed by atoms with van der Waals surface area (Å²) in [5.41, 5.74) is 2.23. The zero-order chi connectivity index (χ0) is 16.3. The van der Waals surface area contributed by atoms with Crippen molar-refractivity contribution >= 4 is 11.6 Å². The Labute approximate surface area is 130 Å². The third kappa shape index (κ3) is 3.44. The minimum Gasteiger partial charge on any atom is -0.506 e. The Morgan fingerprint density at radius 2 is 1.77 bits per heavy atom. The lowest BCUT2D eigenvalue weighted by molar-refractivity contribution is 0.102. The number of benzene rings is 2. The van der Waals surface area contributed by atoms with Crippen molar-refractivity contribution in [2.45, 2.75) is 26.2 Å². The fraction of sp³-hybridized carbons (Fsp3) is 0.222. The molecule has 22 heavy (non-hydrogen) atoms. The number of carbonyl (C=O) groups excluding carboxylic acids is 1.